The maximum atomic E-state index is 12.7. The van der Waals surface area contributed by atoms with Crippen LogP contribution in [-0.4, -0.2) is 61.4 Å². The van der Waals surface area contributed by atoms with Crippen LogP contribution in [0.15, 0.2) is 4.52 Å². The molecule has 1 saturated carbocycles. The monoisotopic (exact) mass is 361 g/mol. The summed E-state index contributed by atoms with van der Waals surface area (Å²) in [5, 5.41) is 14.9. The molecule has 2 amide bonds. The van der Waals surface area contributed by atoms with E-state index in [9.17, 15) is 4.79 Å². The van der Waals surface area contributed by atoms with Crippen molar-refractivity contribution in [2.24, 2.45) is 5.92 Å². The van der Waals surface area contributed by atoms with Crippen LogP contribution >= 0.6 is 0 Å². The average Bonchev–Trinajstić information content (AvgIpc) is 3.31. The fraction of sp³-hybridized carbons (Fsp3) is 0.688. The highest BCUT2D eigenvalue weighted by Gasteiger charge is 2.38. The van der Waals surface area contributed by atoms with Gasteiger partial charge >= 0.3 is 6.03 Å². The first-order valence-corrected chi connectivity index (χ1v) is 8.90. The first-order chi connectivity index (χ1) is 12.5. The molecule has 1 saturated heterocycles. The number of nitrogens with one attached hydrogen (secondary N) is 1. The summed E-state index contributed by atoms with van der Waals surface area (Å²) in [4.78, 5) is 18.6. The Morgan fingerprint density at radius 2 is 2.12 bits per heavy atom. The Kier molecular flexibility index (Phi) is 4.35. The molecule has 2 aromatic rings. The summed E-state index contributed by atoms with van der Waals surface area (Å²) in [6.07, 6.45) is 2.56. The van der Waals surface area contributed by atoms with Gasteiger partial charge in [-0.3, -0.25) is 5.32 Å². The van der Waals surface area contributed by atoms with Crippen LogP contribution in [0.5, 0.6) is 0 Å². The van der Waals surface area contributed by atoms with Crippen LogP contribution < -0.4 is 5.32 Å². The predicted octanol–water partition coefficient (Wildman–Crippen LogP) is 1.36. The first kappa shape index (κ1) is 17.0. The van der Waals surface area contributed by atoms with Crippen LogP contribution in [0.25, 0.3) is 0 Å². The van der Waals surface area contributed by atoms with E-state index in [4.69, 9.17) is 9.26 Å². The lowest BCUT2D eigenvalue weighted by molar-refractivity contribution is -0.0717. The highest BCUT2D eigenvalue weighted by molar-refractivity contribution is 5.88. The number of anilines is 1. The number of aromatic nitrogens is 5. The number of aryl methyl sites for hydroxylation is 1. The van der Waals surface area contributed by atoms with Crippen molar-refractivity contribution in [3.05, 3.63) is 17.4 Å². The Hall–Kier alpha value is -2.49. The Bertz CT molecular complexity index is 798. The smallest absolute Gasteiger partial charge is 0.323 e. The van der Waals surface area contributed by atoms with Crippen LogP contribution in [0.4, 0.5) is 10.6 Å². The van der Waals surface area contributed by atoms with Crippen LogP contribution in [0.2, 0.25) is 0 Å². The van der Waals surface area contributed by atoms with Gasteiger partial charge in [-0.2, -0.15) is 4.98 Å². The van der Waals surface area contributed by atoms with Crippen molar-refractivity contribution in [1.82, 2.24) is 30.0 Å². The number of morpholine rings is 1. The lowest BCUT2D eigenvalue weighted by Gasteiger charge is -2.36. The third kappa shape index (κ3) is 3.55. The SMILES string of the molecule is Cc1nc(Cn2nnc(NC(=O)N3C[C@H](C)O[C@@H](C4CC4)C3)c2C)no1. The van der Waals surface area contributed by atoms with Crippen molar-refractivity contribution >= 4 is 11.8 Å². The van der Waals surface area contributed by atoms with Gasteiger partial charge in [-0.15, -0.1) is 5.10 Å². The summed E-state index contributed by atoms with van der Waals surface area (Å²) < 4.78 is 12.6. The second kappa shape index (κ2) is 6.67. The number of urea groups is 1. The van der Waals surface area contributed by atoms with Crippen molar-refractivity contribution in [2.75, 3.05) is 18.4 Å². The molecular weight excluding hydrogens is 338 g/mol. The maximum absolute atomic E-state index is 12.7. The van der Waals surface area contributed by atoms with Gasteiger partial charge in [-0.25, -0.2) is 9.48 Å². The Labute approximate surface area is 150 Å². The number of carbonyl (C=O) groups excluding carboxylic acids is 1. The van der Waals surface area contributed by atoms with Gasteiger partial charge in [0.25, 0.3) is 0 Å². The normalized spacial score (nSPS) is 23.3. The van der Waals surface area contributed by atoms with Crippen LogP contribution in [0.3, 0.4) is 0 Å². The molecule has 2 aromatic heterocycles. The van der Waals surface area contributed by atoms with Crippen molar-refractivity contribution in [2.45, 2.75) is 52.4 Å². The minimum Gasteiger partial charge on any atom is -0.371 e. The molecule has 2 aliphatic rings. The highest BCUT2D eigenvalue weighted by Crippen LogP contribution is 2.36. The Morgan fingerprint density at radius 1 is 1.31 bits per heavy atom. The molecule has 0 radical (unpaired) electrons. The Morgan fingerprint density at radius 3 is 2.81 bits per heavy atom. The molecule has 0 unspecified atom stereocenters. The maximum Gasteiger partial charge on any atom is 0.323 e. The largest absolute Gasteiger partial charge is 0.371 e. The fourth-order valence-electron chi connectivity index (χ4n) is 3.23. The summed E-state index contributed by atoms with van der Waals surface area (Å²) in [6, 6.07) is -0.170. The van der Waals surface area contributed by atoms with Gasteiger partial charge in [0, 0.05) is 20.0 Å². The number of rotatable bonds is 4. The molecule has 4 rings (SSSR count). The molecule has 3 heterocycles. The molecule has 1 N–H and O–H groups in total. The third-order valence-corrected chi connectivity index (χ3v) is 4.79. The highest BCUT2D eigenvalue weighted by atomic mass is 16.5. The molecule has 1 aliphatic carbocycles. The third-order valence-electron chi connectivity index (χ3n) is 4.79. The van der Waals surface area contributed by atoms with E-state index in [0.717, 1.165) is 5.69 Å². The molecule has 26 heavy (non-hydrogen) atoms. The zero-order valence-corrected chi connectivity index (χ0v) is 15.2. The van der Waals surface area contributed by atoms with Crippen LogP contribution in [0, 0.1) is 19.8 Å². The van der Waals surface area contributed by atoms with Gasteiger partial charge in [-0.05, 0) is 32.6 Å². The van der Waals surface area contributed by atoms with E-state index in [0.29, 0.717) is 43.1 Å². The quantitative estimate of drug-likeness (QED) is 0.875. The fourth-order valence-corrected chi connectivity index (χ4v) is 3.23. The van der Waals surface area contributed by atoms with E-state index in [1.54, 1.807) is 16.5 Å². The first-order valence-electron chi connectivity index (χ1n) is 8.90. The van der Waals surface area contributed by atoms with Crippen molar-refractivity contribution < 1.29 is 14.1 Å². The van der Waals surface area contributed by atoms with Gasteiger partial charge in [0.05, 0.1) is 17.9 Å². The average molecular weight is 361 g/mol. The van der Waals surface area contributed by atoms with Gasteiger partial charge < -0.3 is 14.2 Å². The Balaban J connectivity index is 1.41. The van der Waals surface area contributed by atoms with Crippen LogP contribution in [0.1, 0.15) is 37.2 Å². The summed E-state index contributed by atoms with van der Waals surface area (Å²) in [6.45, 7) is 7.11. The molecular formula is C16H23N7O3. The van der Waals surface area contributed by atoms with E-state index >= 15 is 0 Å². The summed E-state index contributed by atoms with van der Waals surface area (Å²) in [7, 11) is 0. The number of nitrogens with zero attached hydrogens (tertiary/aromatic N) is 6. The van der Waals surface area contributed by atoms with E-state index < -0.39 is 0 Å². The van der Waals surface area contributed by atoms with Crippen LogP contribution in [-0.2, 0) is 11.3 Å². The zero-order chi connectivity index (χ0) is 18.3. The topological polar surface area (TPSA) is 111 Å². The minimum atomic E-state index is -0.170. The molecule has 0 spiro atoms. The van der Waals surface area contributed by atoms with Gasteiger partial charge in [0.1, 0.15) is 6.54 Å². The number of amides is 2. The molecule has 10 nitrogen and oxygen atoms in total. The van der Waals surface area contributed by atoms with Gasteiger partial charge in [0.15, 0.2) is 11.6 Å². The van der Waals surface area contributed by atoms with Crippen molar-refractivity contribution in [3.63, 3.8) is 0 Å². The number of hydrogen-bond acceptors (Lipinski definition) is 7. The van der Waals surface area contributed by atoms with Crippen molar-refractivity contribution in [1.29, 1.82) is 0 Å². The molecule has 2 atom stereocenters. The molecule has 140 valence electrons. The molecule has 1 aliphatic heterocycles. The molecule has 0 bridgehead atoms. The second-order valence-electron chi connectivity index (χ2n) is 7.07. The number of ether oxygens (including phenoxy) is 1. The lowest BCUT2D eigenvalue weighted by Crippen LogP contribution is -2.51. The number of hydrogen-bond donors (Lipinski definition) is 1. The summed E-state index contributed by atoms with van der Waals surface area (Å²) in [5.41, 5.74) is 0.737. The number of carbonyl (C=O) groups is 1. The molecule has 2 fully saturated rings. The van der Waals surface area contributed by atoms with Gasteiger partial charge in [0.2, 0.25) is 5.89 Å². The van der Waals surface area contributed by atoms with Gasteiger partial charge in [-0.1, -0.05) is 10.4 Å². The molecule has 0 aromatic carbocycles. The second-order valence-corrected chi connectivity index (χ2v) is 7.07. The van der Waals surface area contributed by atoms with E-state index in [2.05, 4.69) is 25.8 Å². The summed E-state index contributed by atoms with van der Waals surface area (Å²) >= 11 is 0. The predicted molar refractivity (Wildman–Crippen MR) is 90.5 cm³/mol. The minimum absolute atomic E-state index is 0.0401. The van der Waals surface area contributed by atoms with E-state index in [1.807, 2.05) is 13.8 Å². The van der Waals surface area contributed by atoms with E-state index in [1.165, 1.54) is 12.8 Å². The standard InChI is InChI=1S/C16H23N7O3/c1-9-6-22(7-13(25-9)12-4-5-12)16(24)18-15-10(2)23(21-19-15)8-14-17-11(3)26-20-14/h9,12-13H,4-8H2,1-3H3,(H,18,24)/t9-,13+/m0/s1. The van der Waals surface area contributed by atoms with E-state index in [-0.39, 0.29) is 18.2 Å². The lowest BCUT2D eigenvalue weighted by atomic mass is 10.1. The molecule has 10 heteroatoms. The summed E-state index contributed by atoms with van der Waals surface area (Å²) in [5.74, 6) is 2.05. The zero-order valence-electron chi connectivity index (χ0n) is 15.2. The van der Waals surface area contributed by atoms with Crippen molar-refractivity contribution in [3.8, 4) is 0 Å².